The lowest BCUT2D eigenvalue weighted by Gasteiger charge is -2.19. The van der Waals surface area contributed by atoms with Gasteiger partial charge < -0.3 is 14.4 Å². The van der Waals surface area contributed by atoms with E-state index in [4.69, 9.17) is 9.47 Å². The van der Waals surface area contributed by atoms with Crippen molar-refractivity contribution in [1.29, 1.82) is 0 Å². The Balaban J connectivity index is 2.31. The molecule has 0 fully saturated rings. The van der Waals surface area contributed by atoms with Crippen LogP contribution in [0.15, 0.2) is 42.5 Å². The van der Waals surface area contributed by atoms with Crippen LogP contribution in [0.3, 0.4) is 0 Å². The van der Waals surface area contributed by atoms with E-state index in [0.717, 1.165) is 11.1 Å². The Kier molecular flexibility index (Phi) is 6.23. The van der Waals surface area contributed by atoms with Crippen LogP contribution >= 0.6 is 0 Å². The molecule has 0 aliphatic heterocycles. The van der Waals surface area contributed by atoms with E-state index in [1.165, 1.54) is 5.56 Å². The van der Waals surface area contributed by atoms with Gasteiger partial charge in [-0.05, 0) is 31.5 Å². The predicted octanol–water partition coefficient (Wildman–Crippen LogP) is 4.32. The molecule has 0 N–H and O–H groups in total. The van der Waals surface area contributed by atoms with Gasteiger partial charge in [0.25, 0.3) is 5.91 Å². The standard InChI is InChI=1S/C21H25NO3/c1-6-7-17-12-18(13-19(24-4)20(17)25-5)21(23)22(3)14-16-10-8-15(2)9-11-16/h6-13H,14H2,1-5H3. The van der Waals surface area contributed by atoms with Gasteiger partial charge in [-0.1, -0.05) is 42.0 Å². The second-order valence-electron chi connectivity index (χ2n) is 5.95. The molecule has 0 saturated heterocycles. The number of carbonyl (C=O) groups excluding carboxylic acids is 1. The highest BCUT2D eigenvalue weighted by Crippen LogP contribution is 2.34. The SMILES string of the molecule is CC=Cc1cc(C(=O)N(C)Cc2ccc(C)cc2)cc(OC)c1OC. The number of rotatable bonds is 6. The molecule has 0 atom stereocenters. The number of amides is 1. The van der Waals surface area contributed by atoms with Crippen molar-refractivity contribution in [2.75, 3.05) is 21.3 Å². The van der Waals surface area contributed by atoms with Gasteiger partial charge in [0.05, 0.1) is 14.2 Å². The summed E-state index contributed by atoms with van der Waals surface area (Å²) in [5.74, 6) is 1.11. The van der Waals surface area contributed by atoms with Crippen LogP contribution in [0.5, 0.6) is 11.5 Å². The molecule has 2 aromatic rings. The number of benzene rings is 2. The number of carbonyl (C=O) groups is 1. The maximum Gasteiger partial charge on any atom is 0.254 e. The molecule has 4 nitrogen and oxygen atoms in total. The molecule has 0 bridgehead atoms. The summed E-state index contributed by atoms with van der Waals surface area (Å²) < 4.78 is 10.8. The van der Waals surface area contributed by atoms with Crippen LogP contribution < -0.4 is 9.47 Å². The van der Waals surface area contributed by atoms with Gasteiger partial charge in [-0.15, -0.1) is 0 Å². The van der Waals surface area contributed by atoms with Gasteiger partial charge in [0.15, 0.2) is 11.5 Å². The summed E-state index contributed by atoms with van der Waals surface area (Å²) in [6.45, 7) is 4.52. The first-order chi connectivity index (χ1) is 12.0. The summed E-state index contributed by atoms with van der Waals surface area (Å²) in [5.41, 5.74) is 3.68. The fraction of sp³-hybridized carbons (Fsp3) is 0.286. The first-order valence-corrected chi connectivity index (χ1v) is 8.19. The van der Waals surface area contributed by atoms with E-state index in [9.17, 15) is 4.79 Å². The Morgan fingerprint density at radius 1 is 1.12 bits per heavy atom. The molecule has 0 radical (unpaired) electrons. The average molecular weight is 339 g/mol. The molecule has 0 unspecified atom stereocenters. The van der Waals surface area contributed by atoms with Crippen LogP contribution in [0.1, 0.15) is 34.0 Å². The maximum atomic E-state index is 12.8. The van der Waals surface area contributed by atoms with Crippen molar-refractivity contribution in [2.45, 2.75) is 20.4 Å². The molecule has 0 aromatic heterocycles. The smallest absolute Gasteiger partial charge is 0.254 e. The monoisotopic (exact) mass is 339 g/mol. The van der Waals surface area contributed by atoms with Crippen molar-refractivity contribution in [3.63, 3.8) is 0 Å². The van der Waals surface area contributed by atoms with Crippen molar-refractivity contribution in [1.82, 2.24) is 4.90 Å². The third kappa shape index (κ3) is 4.41. The predicted molar refractivity (Wildman–Crippen MR) is 101 cm³/mol. The molecule has 0 heterocycles. The number of allylic oxidation sites excluding steroid dienone is 1. The summed E-state index contributed by atoms with van der Waals surface area (Å²) in [6, 6.07) is 11.7. The first-order valence-electron chi connectivity index (χ1n) is 8.19. The minimum absolute atomic E-state index is 0.0627. The van der Waals surface area contributed by atoms with Crippen LogP contribution in [0.25, 0.3) is 6.08 Å². The van der Waals surface area contributed by atoms with Crippen LogP contribution in [0, 0.1) is 6.92 Å². The summed E-state index contributed by atoms with van der Waals surface area (Å²) >= 11 is 0. The molecular formula is C21H25NO3. The number of nitrogens with zero attached hydrogens (tertiary/aromatic N) is 1. The molecule has 132 valence electrons. The Labute approximate surface area is 149 Å². The molecule has 2 rings (SSSR count). The second kappa shape index (κ2) is 8.38. The normalized spacial score (nSPS) is 10.8. The quantitative estimate of drug-likeness (QED) is 0.787. The highest BCUT2D eigenvalue weighted by molar-refractivity contribution is 5.95. The van der Waals surface area contributed by atoms with Crippen molar-refractivity contribution in [3.8, 4) is 11.5 Å². The van der Waals surface area contributed by atoms with E-state index in [1.54, 1.807) is 32.2 Å². The molecule has 25 heavy (non-hydrogen) atoms. The second-order valence-corrected chi connectivity index (χ2v) is 5.95. The fourth-order valence-electron chi connectivity index (χ4n) is 2.68. The first kappa shape index (κ1) is 18.6. The van der Waals surface area contributed by atoms with Gasteiger partial charge in [-0.3, -0.25) is 4.79 Å². The van der Waals surface area contributed by atoms with Crippen LogP contribution in [-0.4, -0.2) is 32.1 Å². The number of hydrogen-bond acceptors (Lipinski definition) is 3. The highest BCUT2D eigenvalue weighted by Gasteiger charge is 2.18. The number of ether oxygens (including phenoxy) is 2. The zero-order chi connectivity index (χ0) is 18.4. The molecule has 0 saturated carbocycles. The zero-order valence-corrected chi connectivity index (χ0v) is 15.5. The van der Waals surface area contributed by atoms with Crippen molar-refractivity contribution >= 4 is 12.0 Å². The number of hydrogen-bond donors (Lipinski definition) is 0. The van der Waals surface area contributed by atoms with Crippen molar-refractivity contribution in [3.05, 3.63) is 64.7 Å². The molecule has 0 spiro atoms. The Morgan fingerprint density at radius 2 is 1.80 bits per heavy atom. The summed E-state index contributed by atoms with van der Waals surface area (Å²) in [6.07, 6.45) is 3.81. The van der Waals surface area contributed by atoms with Crippen LogP contribution in [0.4, 0.5) is 0 Å². The van der Waals surface area contributed by atoms with E-state index in [0.29, 0.717) is 23.6 Å². The lowest BCUT2D eigenvalue weighted by atomic mass is 10.1. The summed E-state index contributed by atoms with van der Waals surface area (Å²) in [5, 5.41) is 0. The molecule has 1 amide bonds. The average Bonchev–Trinajstić information content (AvgIpc) is 2.62. The molecular weight excluding hydrogens is 314 g/mol. The molecule has 4 heteroatoms. The molecule has 0 aliphatic carbocycles. The van der Waals surface area contributed by atoms with E-state index >= 15 is 0 Å². The van der Waals surface area contributed by atoms with E-state index in [2.05, 4.69) is 0 Å². The molecule has 2 aromatic carbocycles. The third-order valence-electron chi connectivity index (χ3n) is 3.99. The van der Waals surface area contributed by atoms with Gasteiger partial charge >= 0.3 is 0 Å². The minimum Gasteiger partial charge on any atom is -0.493 e. The van der Waals surface area contributed by atoms with Crippen molar-refractivity contribution in [2.24, 2.45) is 0 Å². The lowest BCUT2D eigenvalue weighted by Crippen LogP contribution is -2.26. The Morgan fingerprint density at radius 3 is 2.36 bits per heavy atom. The van der Waals surface area contributed by atoms with Gasteiger partial charge in [-0.25, -0.2) is 0 Å². The minimum atomic E-state index is -0.0627. The van der Waals surface area contributed by atoms with E-state index in [1.807, 2.05) is 56.3 Å². The van der Waals surface area contributed by atoms with Crippen LogP contribution in [0.2, 0.25) is 0 Å². The van der Waals surface area contributed by atoms with E-state index < -0.39 is 0 Å². The number of aryl methyl sites for hydroxylation is 1. The topological polar surface area (TPSA) is 38.8 Å². The van der Waals surface area contributed by atoms with E-state index in [-0.39, 0.29) is 5.91 Å². The summed E-state index contributed by atoms with van der Waals surface area (Å²) in [7, 11) is 4.96. The van der Waals surface area contributed by atoms with Gasteiger partial charge in [-0.2, -0.15) is 0 Å². The van der Waals surface area contributed by atoms with Gasteiger partial charge in [0, 0.05) is 24.7 Å². The lowest BCUT2D eigenvalue weighted by molar-refractivity contribution is 0.0784. The number of methoxy groups -OCH3 is 2. The molecule has 0 aliphatic rings. The zero-order valence-electron chi connectivity index (χ0n) is 15.5. The van der Waals surface area contributed by atoms with Gasteiger partial charge in [0.2, 0.25) is 0 Å². The summed E-state index contributed by atoms with van der Waals surface area (Å²) in [4.78, 5) is 14.5. The Bertz CT molecular complexity index is 763. The maximum absolute atomic E-state index is 12.8. The largest absolute Gasteiger partial charge is 0.493 e. The third-order valence-corrected chi connectivity index (χ3v) is 3.99. The fourth-order valence-corrected chi connectivity index (χ4v) is 2.68. The van der Waals surface area contributed by atoms with Gasteiger partial charge in [0.1, 0.15) is 0 Å². The Hall–Kier alpha value is -2.75. The highest BCUT2D eigenvalue weighted by atomic mass is 16.5. The van der Waals surface area contributed by atoms with Crippen LogP contribution in [-0.2, 0) is 6.54 Å². The van der Waals surface area contributed by atoms with Crippen molar-refractivity contribution < 1.29 is 14.3 Å².